The maximum atomic E-state index is 11.8. The smallest absolute Gasteiger partial charge is 0.229 e. The minimum atomic E-state index is -1.56. The van der Waals surface area contributed by atoms with Crippen LogP contribution in [-0.4, -0.2) is 68.3 Å². The summed E-state index contributed by atoms with van der Waals surface area (Å²) in [5, 5.41) is 29.9. The Balaban J connectivity index is 0.000000645. The van der Waals surface area contributed by atoms with Crippen LogP contribution in [0.5, 0.6) is 0 Å². The number of rotatable bonds is 12. The Morgan fingerprint density at radius 1 is 0.800 bits per heavy atom. The second kappa shape index (κ2) is 20.0. The van der Waals surface area contributed by atoms with Gasteiger partial charge < -0.3 is 24.8 Å². The molecule has 2 saturated heterocycles. The largest absolute Gasteiger partial charge is 0.393 e. The number of aliphatic hydroxyl groups excluding tert-OH is 1. The van der Waals surface area contributed by atoms with Crippen LogP contribution >= 0.6 is 0 Å². The number of aliphatic hydroxyl groups is 3. The molecule has 9 heteroatoms. The molecule has 5 unspecified atom stereocenters. The molecule has 0 aromatic rings. The fourth-order valence-corrected chi connectivity index (χ4v) is 5.19. The molecule has 0 aromatic heterocycles. The van der Waals surface area contributed by atoms with Gasteiger partial charge in [0.25, 0.3) is 0 Å². The molecular formula is C36H66O9. The number of ketones is 4. The highest BCUT2D eigenvalue weighted by atomic mass is 16.6. The standard InChI is InChI=1S/3C12H22O3/c1-8(2)10-6-5-7-12(14,15-10)11(13)9(3)4;1-8(2)10-6-5-7-11(13)12(14,15-10)9(3)4;1-8(2)10(13)6-5-7-11(14)12(15)9(3)4/h2*8-10,14H,5-7H2,1-4H3;8-10,13H,5-7H2,1-4H3. The summed E-state index contributed by atoms with van der Waals surface area (Å²) in [5.41, 5.74) is 0. The van der Waals surface area contributed by atoms with Gasteiger partial charge in [-0.3, -0.25) is 19.2 Å². The normalized spacial score (nSPS) is 26.4. The molecule has 0 spiro atoms. The summed E-state index contributed by atoms with van der Waals surface area (Å²) >= 11 is 0. The minimum Gasteiger partial charge on any atom is -0.393 e. The summed E-state index contributed by atoms with van der Waals surface area (Å²) in [5.74, 6) is -3.74. The third kappa shape index (κ3) is 14.4. The molecule has 0 amide bonds. The average Bonchev–Trinajstić information content (AvgIpc) is 3.11. The molecule has 0 bridgehead atoms. The zero-order chi connectivity index (χ0) is 35.3. The van der Waals surface area contributed by atoms with Crippen molar-refractivity contribution < 1.29 is 44.0 Å². The van der Waals surface area contributed by atoms with Crippen LogP contribution in [0.15, 0.2) is 0 Å². The molecule has 0 radical (unpaired) electrons. The van der Waals surface area contributed by atoms with Crippen molar-refractivity contribution in [3.05, 3.63) is 0 Å². The van der Waals surface area contributed by atoms with Crippen molar-refractivity contribution in [1.29, 1.82) is 0 Å². The summed E-state index contributed by atoms with van der Waals surface area (Å²) in [6, 6.07) is 0. The van der Waals surface area contributed by atoms with Gasteiger partial charge >= 0.3 is 0 Å². The van der Waals surface area contributed by atoms with Crippen molar-refractivity contribution in [2.45, 2.75) is 171 Å². The van der Waals surface area contributed by atoms with Crippen LogP contribution in [-0.2, 0) is 28.7 Å². The van der Waals surface area contributed by atoms with E-state index in [1.807, 2.05) is 27.7 Å². The van der Waals surface area contributed by atoms with Crippen molar-refractivity contribution in [3.8, 4) is 0 Å². The molecule has 3 N–H and O–H groups in total. The van der Waals surface area contributed by atoms with E-state index in [1.165, 1.54) is 0 Å². The van der Waals surface area contributed by atoms with Gasteiger partial charge in [0, 0.05) is 37.0 Å². The number of Topliss-reactive ketones (excluding diaryl/α,β-unsaturated/α-hetero) is 4. The van der Waals surface area contributed by atoms with Gasteiger partial charge in [-0.05, 0) is 56.3 Å². The van der Waals surface area contributed by atoms with Crippen molar-refractivity contribution in [2.75, 3.05) is 0 Å². The highest BCUT2D eigenvalue weighted by molar-refractivity contribution is 6.37. The van der Waals surface area contributed by atoms with E-state index in [4.69, 9.17) is 9.47 Å². The quantitative estimate of drug-likeness (QED) is 0.211. The zero-order valence-corrected chi connectivity index (χ0v) is 30.4. The lowest BCUT2D eigenvalue weighted by Crippen LogP contribution is -2.50. The van der Waals surface area contributed by atoms with E-state index in [2.05, 4.69) is 27.7 Å². The van der Waals surface area contributed by atoms with E-state index in [0.717, 1.165) is 25.7 Å². The van der Waals surface area contributed by atoms with Gasteiger partial charge in [-0.25, -0.2) is 0 Å². The molecule has 0 aliphatic carbocycles. The van der Waals surface area contributed by atoms with Crippen molar-refractivity contribution in [3.63, 3.8) is 0 Å². The minimum absolute atomic E-state index is 0.00597. The number of carbonyl (C=O) groups is 4. The summed E-state index contributed by atoms with van der Waals surface area (Å²) in [6.07, 6.45) is 5.41. The van der Waals surface area contributed by atoms with Gasteiger partial charge in [-0.2, -0.15) is 0 Å². The third-order valence-corrected chi connectivity index (χ3v) is 8.63. The Labute approximate surface area is 273 Å². The first-order valence-electron chi connectivity index (χ1n) is 17.2. The molecule has 2 aliphatic heterocycles. The highest BCUT2D eigenvalue weighted by Crippen LogP contribution is 2.33. The molecule has 2 heterocycles. The Bertz CT molecular complexity index is 923. The van der Waals surface area contributed by atoms with Gasteiger partial charge in [0.1, 0.15) is 0 Å². The topological polar surface area (TPSA) is 147 Å². The molecule has 45 heavy (non-hydrogen) atoms. The van der Waals surface area contributed by atoms with Gasteiger partial charge in [0.15, 0.2) is 17.3 Å². The maximum absolute atomic E-state index is 11.8. The second-order valence-electron chi connectivity index (χ2n) is 14.8. The zero-order valence-electron chi connectivity index (χ0n) is 30.4. The SMILES string of the molecule is CC(C)C(=O)C(=O)CCCC(O)C(C)C.CC(C)C(=O)C1(O)CCCC(C(C)C)O1.CC(C)C1CCCC(=O)C(O)(C(C)C)O1. The second-order valence-corrected chi connectivity index (χ2v) is 14.8. The Hall–Kier alpha value is -1.52. The third-order valence-electron chi connectivity index (χ3n) is 8.63. The van der Waals surface area contributed by atoms with Crippen molar-refractivity contribution in [2.24, 2.45) is 35.5 Å². The number of hydrogen-bond donors (Lipinski definition) is 3. The predicted octanol–water partition coefficient (Wildman–Crippen LogP) is 6.22. The van der Waals surface area contributed by atoms with Crippen molar-refractivity contribution >= 4 is 23.1 Å². The van der Waals surface area contributed by atoms with Gasteiger partial charge in [0.05, 0.1) is 18.3 Å². The molecule has 9 nitrogen and oxygen atoms in total. The Morgan fingerprint density at radius 2 is 1.31 bits per heavy atom. The number of carbonyl (C=O) groups excluding carboxylic acids is 4. The number of ether oxygens (including phenoxy) is 2. The van der Waals surface area contributed by atoms with Crippen LogP contribution in [0.25, 0.3) is 0 Å². The van der Waals surface area contributed by atoms with Crippen LogP contribution in [0.1, 0.15) is 141 Å². The maximum Gasteiger partial charge on any atom is 0.229 e. The van der Waals surface area contributed by atoms with E-state index in [0.29, 0.717) is 37.5 Å². The van der Waals surface area contributed by atoms with Crippen LogP contribution < -0.4 is 0 Å². The average molecular weight is 643 g/mol. The monoisotopic (exact) mass is 642 g/mol. The van der Waals surface area contributed by atoms with Crippen LogP contribution in [0.2, 0.25) is 0 Å². The first kappa shape index (κ1) is 43.5. The fourth-order valence-electron chi connectivity index (χ4n) is 5.19. The molecule has 0 aromatic carbocycles. The van der Waals surface area contributed by atoms with E-state index >= 15 is 0 Å². The summed E-state index contributed by atoms with van der Waals surface area (Å²) < 4.78 is 11.2. The molecule has 5 atom stereocenters. The summed E-state index contributed by atoms with van der Waals surface area (Å²) in [6.45, 7) is 22.8. The van der Waals surface area contributed by atoms with Crippen molar-refractivity contribution in [1.82, 2.24) is 0 Å². The molecular weight excluding hydrogens is 576 g/mol. The lowest BCUT2D eigenvalue weighted by molar-refractivity contribution is -0.250. The van der Waals surface area contributed by atoms with E-state index in [9.17, 15) is 34.5 Å². The van der Waals surface area contributed by atoms with Crippen LogP contribution in [0.4, 0.5) is 0 Å². The van der Waals surface area contributed by atoms with Crippen LogP contribution in [0, 0.1) is 35.5 Å². The molecule has 264 valence electrons. The summed E-state index contributed by atoms with van der Waals surface area (Å²) in [4.78, 5) is 46.1. The van der Waals surface area contributed by atoms with E-state index < -0.39 is 11.6 Å². The Kier molecular flexibility index (Phi) is 19.3. The highest BCUT2D eigenvalue weighted by Gasteiger charge is 2.45. The van der Waals surface area contributed by atoms with E-state index in [-0.39, 0.29) is 71.5 Å². The predicted molar refractivity (Wildman–Crippen MR) is 176 cm³/mol. The lowest BCUT2D eigenvalue weighted by atomic mass is 9.89. The molecule has 2 rings (SSSR count). The van der Waals surface area contributed by atoms with E-state index in [1.54, 1.807) is 27.7 Å². The lowest BCUT2D eigenvalue weighted by Gasteiger charge is -2.38. The Morgan fingerprint density at radius 3 is 1.76 bits per heavy atom. The van der Waals surface area contributed by atoms with Crippen LogP contribution in [0.3, 0.4) is 0 Å². The van der Waals surface area contributed by atoms with Gasteiger partial charge in [-0.15, -0.1) is 0 Å². The first-order chi connectivity index (χ1) is 20.6. The first-order valence-corrected chi connectivity index (χ1v) is 17.2. The van der Waals surface area contributed by atoms with Gasteiger partial charge in [-0.1, -0.05) is 83.1 Å². The molecule has 2 aliphatic rings. The fraction of sp³-hybridized carbons (Fsp3) is 0.889. The van der Waals surface area contributed by atoms with Gasteiger partial charge in [0.2, 0.25) is 17.4 Å². The molecule has 0 saturated carbocycles. The number of hydrogen-bond acceptors (Lipinski definition) is 9. The summed E-state index contributed by atoms with van der Waals surface area (Å²) in [7, 11) is 0. The molecule has 2 fully saturated rings.